The zero-order valence-corrected chi connectivity index (χ0v) is 28.9. The van der Waals surface area contributed by atoms with E-state index in [-0.39, 0.29) is 43.9 Å². The summed E-state index contributed by atoms with van der Waals surface area (Å²) in [7, 11) is -4.13. The molecule has 1 saturated heterocycles. The molecule has 0 bridgehead atoms. The number of alkyl halides is 6. The molecule has 0 radical (unpaired) electrons. The Morgan fingerprint density at radius 2 is 1.48 bits per heavy atom. The van der Waals surface area contributed by atoms with E-state index in [1.54, 1.807) is 51.1 Å². The first-order valence-electron chi connectivity index (χ1n) is 15.7. The first-order chi connectivity index (χ1) is 22.9. The van der Waals surface area contributed by atoms with E-state index in [0.29, 0.717) is 16.4 Å². The van der Waals surface area contributed by atoms with Gasteiger partial charge in [-0.2, -0.15) is 26.3 Å². The Balaban J connectivity index is 1.53. The maximum atomic E-state index is 13.7. The molecule has 1 saturated carbocycles. The minimum atomic E-state index is -5.02. The smallest absolute Gasteiger partial charge is 0.424 e. The maximum Gasteiger partial charge on any atom is 0.424 e. The molecule has 4 rings (SSSR count). The predicted molar refractivity (Wildman–Crippen MR) is 168 cm³/mol. The number of nitrogens with one attached hydrogen (secondary N) is 1. The third-order valence-corrected chi connectivity index (χ3v) is 10.0. The monoisotopic (exact) mass is 735 g/mol. The Labute approximate surface area is 286 Å². The van der Waals surface area contributed by atoms with Gasteiger partial charge in [0, 0.05) is 12.0 Å². The molecular formula is C33H39F6N3O7S. The number of halogens is 6. The number of amides is 4. The number of rotatable bonds is 9. The van der Waals surface area contributed by atoms with Crippen molar-refractivity contribution >= 4 is 28.1 Å². The minimum Gasteiger partial charge on any atom is -0.443 e. The first-order valence-corrected chi connectivity index (χ1v) is 17.5. The van der Waals surface area contributed by atoms with Gasteiger partial charge < -0.3 is 14.8 Å². The average molecular weight is 736 g/mol. The SMILES string of the molecule is C[C@@H](OCC1(c2ccccc2)CCC2(CC1)NC(=O)N(CCN(C(=O)OC(C)(C)C)S(C)(=O)=O)C2=O)c1cc(C(F)(F)F)cc(C(F)(F)F)c1. The van der Waals surface area contributed by atoms with Crippen molar-refractivity contribution in [3.8, 4) is 0 Å². The Hall–Kier alpha value is -3.86. The van der Waals surface area contributed by atoms with E-state index in [4.69, 9.17) is 9.47 Å². The summed E-state index contributed by atoms with van der Waals surface area (Å²) in [5.41, 5.74) is -5.69. The second kappa shape index (κ2) is 13.7. The van der Waals surface area contributed by atoms with Gasteiger partial charge in [0.25, 0.3) is 5.91 Å². The molecule has 0 unspecified atom stereocenters. The largest absolute Gasteiger partial charge is 0.443 e. The van der Waals surface area contributed by atoms with Crippen LogP contribution in [0.2, 0.25) is 0 Å². The highest BCUT2D eigenvalue weighted by Crippen LogP contribution is 2.46. The molecule has 276 valence electrons. The summed E-state index contributed by atoms with van der Waals surface area (Å²) in [5, 5.41) is 2.72. The summed E-state index contributed by atoms with van der Waals surface area (Å²) in [4.78, 5) is 40.2. The van der Waals surface area contributed by atoms with E-state index in [0.717, 1.165) is 16.7 Å². The molecule has 2 aliphatic rings. The molecule has 1 heterocycles. The van der Waals surface area contributed by atoms with Crippen molar-refractivity contribution in [3.05, 3.63) is 70.8 Å². The molecule has 10 nitrogen and oxygen atoms in total. The lowest BCUT2D eigenvalue weighted by atomic mass is 9.64. The van der Waals surface area contributed by atoms with Gasteiger partial charge >= 0.3 is 24.5 Å². The van der Waals surface area contributed by atoms with E-state index in [2.05, 4.69) is 5.32 Å². The lowest BCUT2D eigenvalue weighted by molar-refractivity contribution is -0.143. The highest BCUT2D eigenvalue weighted by atomic mass is 32.2. The maximum absolute atomic E-state index is 13.7. The number of nitrogens with zero attached hydrogens (tertiary/aromatic N) is 2. The van der Waals surface area contributed by atoms with Crippen molar-refractivity contribution in [2.75, 3.05) is 26.0 Å². The number of benzene rings is 2. The zero-order chi connectivity index (χ0) is 37.5. The molecule has 1 aliphatic heterocycles. The van der Waals surface area contributed by atoms with Crippen LogP contribution in [0.4, 0.5) is 35.9 Å². The summed E-state index contributed by atoms with van der Waals surface area (Å²) in [5.74, 6) is -0.625. The summed E-state index contributed by atoms with van der Waals surface area (Å²) < 4.78 is 117. The number of ether oxygens (including phenoxy) is 2. The first kappa shape index (κ1) is 38.9. The molecule has 1 spiro atoms. The summed E-state index contributed by atoms with van der Waals surface area (Å²) in [6.45, 7) is 4.88. The van der Waals surface area contributed by atoms with Gasteiger partial charge in [-0.05, 0) is 82.7 Å². The van der Waals surface area contributed by atoms with Gasteiger partial charge in [-0.3, -0.25) is 9.69 Å². The number of urea groups is 1. The van der Waals surface area contributed by atoms with Crippen LogP contribution in [-0.2, 0) is 42.1 Å². The van der Waals surface area contributed by atoms with Crippen LogP contribution in [0.1, 0.15) is 81.7 Å². The second-order valence-electron chi connectivity index (χ2n) is 13.7. The van der Waals surface area contributed by atoms with E-state index in [9.17, 15) is 49.1 Å². The van der Waals surface area contributed by atoms with E-state index >= 15 is 0 Å². The van der Waals surface area contributed by atoms with Gasteiger partial charge in [-0.1, -0.05) is 30.3 Å². The molecule has 4 amide bonds. The van der Waals surface area contributed by atoms with Gasteiger partial charge in [0.2, 0.25) is 10.0 Å². The molecule has 0 aromatic heterocycles. The third kappa shape index (κ3) is 8.71. The van der Waals surface area contributed by atoms with Crippen LogP contribution in [0.15, 0.2) is 48.5 Å². The van der Waals surface area contributed by atoms with Crippen molar-refractivity contribution in [1.29, 1.82) is 0 Å². The lowest BCUT2D eigenvalue weighted by Gasteiger charge is -2.44. The molecule has 2 aromatic rings. The molecule has 1 N–H and O–H groups in total. The fourth-order valence-corrected chi connectivity index (χ4v) is 6.89. The highest BCUT2D eigenvalue weighted by Gasteiger charge is 2.55. The van der Waals surface area contributed by atoms with Gasteiger partial charge in [0.15, 0.2) is 0 Å². The van der Waals surface area contributed by atoms with Crippen LogP contribution < -0.4 is 5.32 Å². The van der Waals surface area contributed by atoms with Crippen LogP contribution in [0.3, 0.4) is 0 Å². The van der Waals surface area contributed by atoms with Crippen molar-refractivity contribution < 1.29 is 58.6 Å². The van der Waals surface area contributed by atoms with Crippen LogP contribution >= 0.6 is 0 Å². The molecule has 1 atom stereocenters. The Kier molecular flexibility index (Phi) is 10.7. The minimum absolute atomic E-state index is 0.0503. The summed E-state index contributed by atoms with van der Waals surface area (Å²) >= 11 is 0. The normalized spacial score (nSPS) is 22.4. The molecular weight excluding hydrogens is 696 g/mol. The zero-order valence-electron chi connectivity index (χ0n) is 28.1. The number of sulfonamides is 1. The van der Waals surface area contributed by atoms with Crippen molar-refractivity contribution in [3.63, 3.8) is 0 Å². The number of imide groups is 1. The third-order valence-electron chi connectivity index (χ3n) is 8.91. The fraction of sp³-hybridized carbons (Fsp3) is 0.545. The molecule has 2 fully saturated rings. The molecule has 17 heteroatoms. The van der Waals surface area contributed by atoms with E-state index in [1.165, 1.54) is 6.92 Å². The van der Waals surface area contributed by atoms with Crippen molar-refractivity contribution in [2.24, 2.45) is 0 Å². The van der Waals surface area contributed by atoms with Gasteiger partial charge in [0.05, 0.1) is 36.6 Å². The summed E-state index contributed by atoms with van der Waals surface area (Å²) in [6, 6.07) is 9.41. The predicted octanol–water partition coefficient (Wildman–Crippen LogP) is 6.80. The molecule has 50 heavy (non-hydrogen) atoms. The van der Waals surface area contributed by atoms with Crippen LogP contribution in [-0.4, -0.2) is 72.7 Å². The van der Waals surface area contributed by atoms with Crippen molar-refractivity contribution in [1.82, 2.24) is 14.5 Å². The topological polar surface area (TPSA) is 122 Å². The number of carbonyl (C=O) groups is 3. The molecule has 1 aliphatic carbocycles. The van der Waals surface area contributed by atoms with E-state index in [1.807, 2.05) is 0 Å². The van der Waals surface area contributed by atoms with Crippen LogP contribution in [0.5, 0.6) is 0 Å². The Bertz CT molecular complexity index is 1670. The van der Waals surface area contributed by atoms with Gasteiger partial charge in [-0.25, -0.2) is 22.3 Å². The number of hydrogen-bond acceptors (Lipinski definition) is 7. The quantitative estimate of drug-likeness (QED) is 0.222. The van der Waals surface area contributed by atoms with Gasteiger partial charge in [-0.15, -0.1) is 0 Å². The Morgan fingerprint density at radius 3 is 1.96 bits per heavy atom. The standard InChI is InChI=1S/C33H39F6N3O7S/c1-21(22-17-24(32(34,35)36)19-25(18-22)33(37,38)39)48-20-30(23-9-7-6-8-10-23)11-13-31(14-12-30)26(43)41(27(44)40-31)15-16-42(50(5,46)47)28(45)49-29(2,3)4/h6-10,17-19,21H,11-16,20H2,1-5H3,(H,40,44)/t21-,30?,31?/m1/s1. The van der Waals surface area contributed by atoms with Crippen LogP contribution in [0.25, 0.3) is 0 Å². The van der Waals surface area contributed by atoms with Crippen LogP contribution in [0, 0.1) is 0 Å². The van der Waals surface area contributed by atoms with Gasteiger partial charge in [0.1, 0.15) is 11.1 Å². The summed E-state index contributed by atoms with van der Waals surface area (Å²) in [6.07, 6.45) is -11.0. The molecule has 2 aromatic carbocycles. The second-order valence-corrected chi connectivity index (χ2v) is 15.6. The number of carbonyl (C=O) groups excluding carboxylic acids is 3. The fourth-order valence-electron chi connectivity index (χ4n) is 6.17. The van der Waals surface area contributed by atoms with E-state index < -0.39 is 87.3 Å². The van der Waals surface area contributed by atoms with Crippen molar-refractivity contribution in [2.45, 2.75) is 88.4 Å². The number of hydrogen-bond donors (Lipinski definition) is 1. The Morgan fingerprint density at radius 1 is 0.940 bits per heavy atom. The highest BCUT2D eigenvalue weighted by molar-refractivity contribution is 7.88. The lowest BCUT2D eigenvalue weighted by Crippen LogP contribution is -2.53. The average Bonchev–Trinajstić information content (AvgIpc) is 3.22.